The third-order valence-electron chi connectivity index (χ3n) is 0.390. The van der Waals surface area contributed by atoms with Crippen LogP contribution in [-0.4, -0.2) is 34.7 Å². The predicted molar refractivity (Wildman–Crippen MR) is 27.0 cm³/mol. The molecule has 0 aliphatic rings. The fourth-order valence-corrected chi connectivity index (χ4v) is 0. The molecular weight excluding hydrogens is 155 g/mol. The van der Waals surface area contributed by atoms with Crippen molar-refractivity contribution in [2.45, 2.75) is 13.0 Å². The van der Waals surface area contributed by atoms with E-state index in [0.29, 0.717) is 0 Å². The van der Waals surface area contributed by atoms with Crippen LogP contribution in [0.15, 0.2) is 0 Å². The Kier molecular flexibility index (Phi) is 5.95. The third kappa shape index (κ3) is 5.97. The van der Waals surface area contributed by atoms with Crippen molar-refractivity contribution >= 4 is 23.6 Å². The first-order valence-corrected chi connectivity index (χ1v) is 1.63. The van der Waals surface area contributed by atoms with E-state index in [9.17, 15) is 4.79 Å². The summed E-state index contributed by atoms with van der Waals surface area (Å²) in [6, 6.07) is -0.731. The van der Waals surface area contributed by atoms with E-state index in [-0.39, 0.29) is 17.6 Å². The molecule has 0 fully saturated rings. The van der Waals surface area contributed by atoms with E-state index < -0.39 is 12.0 Å². The van der Waals surface area contributed by atoms with Gasteiger partial charge in [-0.2, -0.15) is 0 Å². The Balaban J connectivity index is 0. The van der Waals surface area contributed by atoms with Crippen LogP contribution in [0.1, 0.15) is 6.92 Å². The van der Waals surface area contributed by atoms with Crippen LogP contribution < -0.4 is 5.73 Å². The maximum absolute atomic E-state index is 9.57. The minimum atomic E-state index is -0.963. The largest absolute Gasteiger partial charge is 0.480 e. The molecular formula is C3H7GeNO2. The first-order valence-electron chi connectivity index (χ1n) is 1.63. The number of nitrogens with two attached hydrogens (primary N) is 1. The number of carbonyl (C=O) groups is 1. The van der Waals surface area contributed by atoms with Gasteiger partial charge in [0.05, 0.1) is 0 Å². The van der Waals surface area contributed by atoms with Gasteiger partial charge in [0.1, 0.15) is 6.04 Å². The minimum absolute atomic E-state index is 0. The Morgan fingerprint density at radius 1 is 1.86 bits per heavy atom. The van der Waals surface area contributed by atoms with Crippen molar-refractivity contribution in [1.82, 2.24) is 0 Å². The molecule has 40 valence electrons. The Morgan fingerprint density at radius 2 is 2.00 bits per heavy atom. The van der Waals surface area contributed by atoms with Crippen molar-refractivity contribution in [3.05, 3.63) is 0 Å². The van der Waals surface area contributed by atoms with Gasteiger partial charge >= 0.3 is 5.97 Å². The Bertz CT molecular complexity index is 64.0. The molecule has 4 radical (unpaired) electrons. The summed E-state index contributed by atoms with van der Waals surface area (Å²) in [4.78, 5) is 9.57. The smallest absolute Gasteiger partial charge is 0.320 e. The van der Waals surface area contributed by atoms with Gasteiger partial charge < -0.3 is 10.8 Å². The number of rotatable bonds is 1. The normalized spacial score (nSPS) is 11.7. The van der Waals surface area contributed by atoms with Crippen LogP contribution in [0, 0.1) is 0 Å². The van der Waals surface area contributed by atoms with Gasteiger partial charge in [-0.25, -0.2) is 0 Å². The van der Waals surface area contributed by atoms with Crippen molar-refractivity contribution in [3.8, 4) is 0 Å². The molecule has 3 nitrogen and oxygen atoms in total. The number of carboxylic acids is 1. The van der Waals surface area contributed by atoms with Crippen LogP contribution >= 0.6 is 0 Å². The molecule has 0 unspecified atom stereocenters. The standard InChI is InChI=1S/C3H7NO2.Ge/c1-2(4)3(5)6;/h2H,4H2,1H3,(H,5,6);/t2-;/m0./s1. The quantitative estimate of drug-likeness (QED) is 0.487. The summed E-state index contributed by atoms with van der Waals surface area (Å²) in [5.41, 5.74) is 4.84. The summed E-state index contributed by atoms with van der Waals surface area (Å²) >= 11 is 0. The molecule has 0 bridgehead atoms. The zero-order valence-electron chi connectivity index (χ0n) is 4.01. The second-order valence-corrected chi connectivity index (χ2v) is 1.13. The van der Waals surface area contributed by atoms with Crippen LogP contribution in [0.4, 0.5) is 0 Å². The van der Waals surface area contributed by atoms with Crippen molar-refractivity contribution in [2.24, 2.45) is 5.73 Å². The van der Waals surface area contributed by atoms with Crippen molar-refractivity contribution < 1.29 is 9.90 Å². The molecule has 0 saturated carbocycles. The van der Waals surface area contributed by atoms with Crippen molar-refractivity contribution in [1.29, 1.82) is 0 Å². The molecule has 4 heteroatoms. The molecule has 0 aromatic carbocycles. The molecule has 0 rings (SSSR count). The average molecular weight is 162 g/mol. The molecule has 0 heterocycles. The van der Waals surface area contributed by atoms with Gasteiger partial charge in [-0.3, -0.25) is 4.79 Å². The molecule has 0 aliphatic heterocycles. The Hall–Kier alpha value is -0.0271. The summed E-state index contributed by atoms with van der Waals surface area (Å²) in [6.07, 6.45) is 0. The van der Waals surface area contributed by atoms with E-state index in [1.165, 1.54) is 6.92 Å². The first kappa shape index (κ1) is 10.1. The second-order valence-electron chi connectivity index (χ2n) is 1.13. The summed E-state index contributed by atoms with van der Waals surface area (Å²) in [6.45, 7) is 1.42. The van der Waals surface area contributed by atoms with Crippen molar-refractivity contribution in [3.63, 3.8) is 0 Å². The molecule has 3 N–H and O–H groups in total. The van der Waals surface area contributed by atoms with Gasteiger partial charge in [-0.1, -0.05) is 0 Å². The Morgan fingerprint density at radius 3 is 2.00 bits per heavy atom. The number of hydrogen-bond donors (Lipinski definition) is 2. The van der Waals surface area contributed by atoms with Gasteiger partial charge in [0.25, 0.3) is 0 Å². The van der Waals surface area contributed by atoms with E-state index >= 15 is 0 Å². The monoisotopic (exact) mass is 163 g/mol. The summed E-state index contributed by atoms with van der Waals surface area (Å²) < 4.78 is 0. The maximum atomic E-state index is 9.57. The first-order chi connectivity index (χ1) is 2.64. The van der Waals surface area contributed by atoms with Gasteiger partial charge in [-0.05, 0) is 6.92 Å². The molecule has 0 amide bonds. The van der Waals surface area contributed by atoms with Gasteiger partial charge in [-0.15, -0.1) is 0 Å². The van der Waals surface area contributed by atoms with Crippen LogP contribution in [0.25, 0.3) is 0 Å². The van der Waals surface area contributed by atoms with Gasteiger partial charge in [0.2, 0.25) is 0 Å². The molecule has 7 heavy (non-hydrogen) atoms. The van der Waals surface area contributed by atoms with E-state index in [1.54, 1.807) is 0 Å². The third-order valence-corrected chi connectivity index (χ3v) is 0.390. The predicted octanol–water partition coefficient (Wildman–Crippen LogP) is -0.963. The maximum Gasteiger partial charge on any atom is 0.320 e. The zero-order chi connectivity index (χ0) is 5.15. The van der Waals surface area contributed by atoms with Crippen LogP contribution in [0.5, 0.6) is 0 Å². The van der Waals surface area contributed by atoms with E-state index in [2.05, 4.69) is 0 Å². The molecule has 0 saturated heterocycles. The molecule has 0 aromatic rings. The van der Waals surface area contributed by atoms with Gasteiger partial charge in [0, 0.05) is 17.6 Å². The van der Waals surface area contributed by atoms with Crippen LogP contribution in [0.3, 0.4) is 0 Å². The molecule has 0 aliphatic carbocycles. The fourth-order valence-electron chi connectivity index (χ4n) is 0. The average Bonchev–Trinajstić information content (AvgIpc) is 1.36. The summed E-state index contributed by atoms with van der Waals surface area (Å²) in [5, 5.41) is 7.87. The number of aliphatic carboxylic acids is 1. The van der Waals surface area contributed by atoms with E-state index in [0.717, 1.165) is 0 Å². The van der Waals surface area contributed by atoms with Crippen LogP contribution in [-0.2, 0) is 4.79 Å². The van der Waals surface area contributed by atoms with E-state index in [1.807, 2.05) is 0 Å². The number of carboxylic acid groups (broad SMARTS) is 1. The van der Waals surface area contributed by atoms with Crippen molar-refractivity contribution in [2.75, 3.05) is 0 Å². The van der Waals surface area contributed by atoms with Gasteiger partial charge in [0.15, 0.2) is 0 Å². The minimum Gasteiger partial charge on any atom is -0.480 e. The molecule has 1 atom stereocenters. The Labute approximate surface area is 52.9 Å². The molecule has 0 aromatic heterocycles. The summed E-state index contributed by atoms with van der Waals surface area (Å²) in [7, 11) is 0. The molecule has 0 spiro atoms. The van der Waals surface area contributed by atoms with Crippen LogP contribution in [0.2, 0.25) is 0 Å². The topological polar surface area (TPSA) is 63.3 Å². The zero-order valence-corrected chi connectivity index (χ0v) is 6.11. The second kappa shape index (κ2) is 4.14. The summed E-state index contributed by atoms with van der Waals surface area (Å²) in [5.74, 6) is -0.963. The van der Waals surface area contributed by atoms with E-state index in [4.69, 9.17) is 10.8 Å². The SMILES string of the molecule is C[C@H](N)C(=O)O.[Ge]. The fraction of sp³-hybridized carbons (Fsp3) is 0.667. The number of hydrogen-bond acceptors (Lipinski definition) is 2.